The smallest absolute Gasteiger partial charge is 0.323 e. The summed E-state index contributed by atoms with van der Waals surface area (Å²) in [5.41, 5.74) is 6.92. The molecule has 4 rings (SSSR count). The first-order chi connectivity index (χ1) is 19.4. The van der Waals surface area contributed by atoms with Crippen LogP contribution in [0.25, 0.3) is 0 Å². The van der Waals surface area contributed by atoms with Crippen molar-refractivity contribution in [1.29, 1.82) is 0 Å². The number of carbonyl (C=O) groups is 3. The molecular formula is C27H34N6O7S. The van der Waals surface area contributed by atoms with E-state index in [0.29, 0.717) is 35.7 Å². The van der Waals surface area contributed by atoms with Gasteiger partial charge in [-0.05, 0) is 43.0 Å². The summed E-state index contributed by atoms with van der Waals surface area (Å²) in [6.45, 7) is 4.40. The minimum atomic E-state index is -3.72. The third-order valence-electron chi connectivity index (χ3n) is 6.90. The van der Waals surface area contributed by atoms with Gasteiger partial charge < -0.3 is 20.6 Å². The highest BCUT2D eigenvalue weighted by Crippen LogP contribution is 2.34. The summed E-state index contributed by atoms with van der Waals surface area (Å²) in [6, 6.07) is 9.05. The van der Waals surface area contributed by atoms with Crippen molar-refractivity contribution in [2.45, 2.75) is 51.7 Å². The molecule has 3 heterocycles. The maximum absolute atomic E-state index is 13.3. The topological polar surface area (TPSA) is 179 Å². The molecule has 2 aromatic rings. The van der Waals surface area contributed by atoms with Gasteiger partial charge in [-0.25, -0.2) is 17.9 Å². The van der Waals surface area contributed by atoms with E-state index in [-0.39, 0.29) is 24.7 Å². The van der Waals surface area contributed by atoms with Crippen molar-refractivity contribution in [2.75, 3.05) is 23.4 Å². The van der Waals surface area contributed by atoms with Crippen LogP contribution >= 0.6 is 0 Å². The Bertz CT molecular complexity index is 1440. The van der Waals surface area contributed by atoms with E-state index in [2.05, 4.69) is 25.8 Å². The fourth-order valence-corrected chi connectivity index (χ4v) is 5.60. The van der Waals surface area contributed by atoms with E-state index in [9.17, 15) is 27.9 Å². The number of rotatable bonds is 9. The van der Waals surface area contributed by atoms with Gasteiger partial charge in [-0.1, -0.05) is 25.1 Å². The molecule has 13 nitrogen and oxygen atoms in total. The number of hydroxylamine groups is 1. The molecule has 2 saturated heterocycles. The zero-order chi connectivity index (χ0) is 29.7. The first-order valence-electron chi connectivity index (χ1n) is 13.1. The van der Waals surface area contributed by atoms with Gasteiger partial charge in [-0.2, -0.15) is 0 Å². The number of sulfonamides is 1. The Morgan fingerprint density at radius 3 is 2.61 bits per heavy atom. The molecule has 2 aliphatic heterocycles. The second-order valence-electron chi connectivity index (χ2n) is 10.3. The molecule has 3 amide bonds. The highest BCUT2D eigenvalue weighted by Gasteiger charge is 2.36. The lowest BCUT2D eigenvalue weighted by atomic mass is 10.0. The Kier molecular flexibility index (Phi) is 9.25. The minimum Gasteiger partial charge on any atom is -0.480 e. The van der Waals surface area contributed by atoms with Crippen molar-refractivity contribution in [3.05, 3.63) is 65.2 Å². The molecule has 2 fully saturated rings. The van der Waals surface area contributed by atoms with Crippen LogP contribution in [0.1, 0.15) is 37.4 Å². The van der Waals surface area contributed by atoms with Gasteiger partial charge in [0.05, 0.1) is 36.4 Å². The van der Waals surface area contributed by atoms with Crippen LogP contribution in [0.2, 0.25) is 0 Å². The third kappa shape index (κ3) is 8.02. The molecule has 5 N–H and O–H groups in total. The number of nitrogens with zero attached hydrogens (tertiary/aromatic N) is 2. The number of amides is 3. The van der Waals surface area contributed by atoms with Gasteiger partial charge in [-0.3, -0.25) is 24.9 Å². The van der Waals surface area contributed by atoms with Crippen molar-refractivity contribution >= 4 is 39.3 Å². The van der Waals surface area contributed by atoms with Crippen LogP contribution in [0, 0.1) is 12.8 Å². The van der Waals surface area contributed by atoms with E-state index in [1.165, 1.54) is 6.20 Å². The average Bonchev–Trinajstić information content (AvgIpc) is 3.51. The number of anilines is 2. The molecular weight excluding hydrogens is 552 g/mol. The Hall–Kier alpha value is -4.01. The molecule has 41 heavy (non-hydrogen) atoms. The lowest BCUT2D eigenvalue weighted by Gasteiger charge is -2.21. The molecule has 2 aliphatic rings. The van der Waals surface area contributed by atoms with E-state index in [0.717, 1.165) is 23.9 Å². The number of hydrogen-bond acceptors (Lipinski definition) is 8. The number of aromatic nitrogens is 1. The summed E-state index contributed by atoms with van der Waals surface area (Å²) in [6.07, 6.45) is 2.81. The molecule has 0 bridgehead atoms. The van der Waals surface area contributed by atoms with Crippen LogP contribution in [-0.2, 0) is 30.9 Å². The number of allylic oxidation sites excluding steroid dienone is 1. The van der Waals surface area contributed by atoms with Crippen LogP contribution in [0.5, 0.6) is 0 Å². The Balaban J connectivity index is 1.36. The monoisotopic (exact) mass is 586 g/mol. The third-order valence-corrected chi connectivity index (χ3v) is 7.61. The summed E-state index contributed by atoms with van der Waals surface area (Å²) in [5, 5.41) is 14.9. The van der Waals surface area contributed by atoms with Gasteiger partial charge in [-0.15, -0.1) is 0 Å². The molecule has 3 unspecified atom stereocenters. The minimum absolute atomic E-state index is 0.0445. The first kappa shape index (κ1) is 30.0. The Labute approximate surface area is 238 Å². The summed E-state index contributed by atoms with van der Waals surface area (Å²) < 4.78 is 25.2. The van der Waals surface area contributed by atoms with Gasteiger partial charge in [0, 0.05) is 36.5 Å². The van der Waals surface area contributed by atoms with E-state index >= 15 is 0 Å². The number of carboxylic acids is 1. The number of pyridine rings is 1. The number of carbonyl (C=O) groups excluding carboxylic acids is 2. The average molecular weight is 587 g/mol. The fraction of sp³-hybridized carbons (Fsp3) is 0.407. The second kappa shape index (κ2) is 12.7. The van der Waals surface area contributed by atoms with Crippen LogP contribution in [-0.4, -0.2) is 66.3 Å². The Morgan fingerprint density at radius 1 is 1.20 bits per heavy atom. The van der Waals surface area contributed by atoms with Crippen molar-refractivity contribution < 1.29 is 32.7 Å². The number of nitrogens with one attached hydrogen (secondary N) is 4. The predicted octanol–water partition coefficient (Wildman–Crippen LogP) is 2.34. The van der Waals surface area contributed by atoms with Crippen molar-refractivity contribution in [3.8, 4) is 0 Å². The summed E-state index contributed by atoms with van der Waals surface area (Å²) in [5.74, 6) is -1.40. The van der Waals surface area contributed by atoms with Gasteiger partial charge in [0.25, 0.3) is 0 Å². The molecule has 0 saturated carbocycles. The zero-order valence-corrected chi connectivity index (χ0v) is 23.8. The van der Waals surface area contributed by atoms with Crippen molar-refractivity contribution in [2.24, 2.45) is 5.92 Å². The molecule has 3 atom stereocenters. The second-order valence-corrected chi connectivity index (χ2v) is 12.1. The number of aliphatic carboxylic acids is 1. The fourth-order valence-electron chi connectivity index (χ4n) is 4.89. The number of urea groups is 1. The normalized spacial score (nSPS) is 21.3. The summed E-state index contributed by atoms with van der Waals surface area (Å²) in [7, 11) is -3.72. The van der Waals surface area contributed by atoms with Crippen molar-refractivity contribution in [3.63, 3.8) is 0 Å². The molecule has 14 heteroatoms. The molecule has 0 spiro atoms. The summed E-state index contributed by atoms with van der Waals surface area (Å²) in [4.78, 5) is 48.7. The molecule has 1 aromatic heterocycles. The number of aryl methyl sites for hydroxylation is 1. The van der Waals surface area contributed by atoms with E-state index in [1.54, 1.807) is 23.1 Å². The molecule has 1 aromatic carbocycles. The number of para-hydroxylation sites is 1. The summed E-state index contributed by atoms with van der Waals surface area (Å²) >= 11 is 0. The standard InChI is InChI=1S/C27H34N6O7S/c1-16-6-4-5-7-21(16)30-27(37)29-19-9-8-18(28-15-19)12-24(34)33-11-10-17(2)25(33)22-13-20(40-31-22)14-23(26(35)36)32-41(3,38)39/h4-9,15,17,20,23,31-32H,10-14H2,1-3H3,(H,35,36)(H2,29,30,37). The van der Waals surface area contributed by atoms with Gasteiger partial charge in [0.1, 0.15) is 6.04 Å². The van der Waals surface area contributed by atoms with E-state index in [4.69, 9.17) is 4.84 Å². The number of likely N-dealkylation sites (tertiary alicyclic amines) is 1. The van der Waals surface area contributed by atoms with Gasteiger partial charge in [0.2, 0.25) is 15.9 Å². The van der Waals surface area contributed by atoms with Gasteiger partial charge >= 0.3 is 12.0 Å². The van der Waals surface area contributed by atoms with Crippen LogP contribution in [0.3, 0.4) is 0 Å². The molecule has 0 radical (unpaired) electrons. The molecule has 0 aliphatic carbocycles. The number of carboxylic acid groups (broad SMARTS) is 1. The lowest BCUT2D eigenvalue weighted by molar-refractivity contribution is -0.140. The maximum Gasteiger partial charge on any atom is 0.323 e. The van der Waals surface area contributed by atoms with E-state index in [1.807, 2.05) is 32.0 Å². The molecule has 220 valence electrons. The van der Waals surface area contributed by atoms with Gasteiger partial charge in [0.15, 0.2) is 0 Å². The quantitative estimate of drug-likeness (QED) is 0.295. The first-order valence-corrected chi connectivity index (χ1v) is 15.0. The van der Waals surface area contributed by atoms with E-state index < -0.39 is 34.2 Å². The SMILES string of the molecule is Cc1ccccc1NC(=O)Nc1ccc(CC(=O)N2CCC(C)C2=C2CC(CC(NS(C)(=O)=O)C(=O)O)ON2)nc1. The van der Waals surface area contributed by atoms with Crippen LogP contribution in [0.15, 0.2) is 54.0 Å². The van der Waals surface area contributed by atoms with Crippen LogP contribution < -0.4 is 20.8 Å². The highest BCUT2D eigenvalue weighted by atomic mass is 32.2. The predicted molar refractivity (Wildman–Crippen MR) is 151 cm³/mol. The van der Waals surface area contributed by atoms with Crippen molar-refractivity contribution in [1.82, 2.24) is 20.1 Å². The number of hydrogen-bond donors (Lipinski definition) is 5. The zero-order valence-electron chi connectivity index (χ0n) is 23.0. The maximum atomic E-state index is 13.3. The van der Waals surface area contributed by atoms with Crippen LogP contribution in [0.4, 0.5) is 16.2 Å². The highest BCUT2D eigenvalue weighted by molar-refractivity contribution is 7.88. The Morgan fingerprint density at radius 2 is 1.95 bits per heavy atom. The lowest BCUT2D eigenvalue weighted by Crippen LogP contribution is -2.42. The number of benzene rings is 1. The largest absolute Gasteiger partial charge is 0.480 e.